The molecule has 0 heterocycles. The Balaban J connectivity index is 1.85. The van der Waals surface area contributed by atoms with Gasteiger partial charge in [-0.05, 0) is 90.8 Å². The number of benzene rings is 1. The van der Waals surface area contributed by atoms with E-state index >= 15 is 0 Å². The van der Waals surface area contributed by atoms with Gasteiger partial charge in [0.15, 0.2) is 0 Å². The van der Waals surface area contributed by atoms with E-state index in [0.29, 0.717) is 11.5 Å². The first-order chi connectivity index (χ1) is 12.4. The monoisotopic (exact) mass is 375 g/mol. The fraction of sp³-hybridized carbons (Fsp3) is 0.636. The Morgan fingerprint density at radius 2 is 1.37 bits per heavy atom. The van der Waals surface area contributed by atoms with Crippen LogP contribution in [0.3, 0.4) is 0 Å². The van der Waals surface area contributed by atoms with Gasteiger partial charge >= 0.3 is 12.1 Å². The summed E-state index contributed by atoms with van der Waals surface area (Å²) in [5.74, 6) is 0.161. The number of ether oxygens (including phenoxy) is 2. The van der Waals surface area contributed by atoms with Gasteiger partial charge in [-0.3, -0.25) is 0 Å². The number of carbonyl (C=O) groups is 2. The summed E-state index contributed by atoms with van der Waals surface area (Å²) in [6.45, 7) is 11.2. The third-order valence-corrected chi connectivity index (χ3v) is 4.46. The summed E-state index contributed by atoms with van der Waals surface area (Å²) < 4.78 is 10.7. The van der Waals surface area contributed by atoms with Crippen LogP contribution in [0.25, 0.3) is 0 Å². The van der Waals surface area contributed by atoms with Crippen molar-refractivity contribution in [3.05, 3.63) is 35.4 Å². The van der Waals surface area contributed by atoms with Crippen molar-refractivity contribution >= 4 is 12.1 Å². The minimum Gasteiger partial charge on any atom is -0.456 e. The normalized spacial score (nSPS) is 20.7. The fourth-order valence-corrected chi connectivity index (χ4v) is 3.27. The van der Waals surface area contributed by atoms with Crippen LogP contribution < -0.4 is 5.32 Å². The summed E-state index contributed by atoms with van der Waals surface area (Å²) in [5, 5.41) is 2.97. The molecule has 0 aromatic heterocycles. The van der Waals surface area contributed by atoms with Crippen molar-refractivity contribution in [3.63, 3.8) is 0 Å². The molecule has 150 valence electrons. The molecule has 5 heteroatoms. The largest absolute Gasteiger partial charge is 0.456 e. The average molecular weight is 376 g/mol. The topological polar surface area (TPSA) is 64.6 Å². The van der Waals surface area contributed by atoms with E-state index in [2.05, 4.69) is 5.32 Å². The summed E-state index contributed by atoms with van der Waals surface area (Å²) >= 11 is 0. The highest BCUT2D eigenvalue weighted by Crippen LogP contribution is 2.33. The maximum atomic E-state index is 12.1. The lowest BCUT2D eigenvalue weighted by Crippen LogP contribution is -2.40. The zero-order valence-corrected chi connectivity index (χ0v) is 17.4. The predicted octanol–water partition coefficient (Wildman–Crippen LogP) is 5.19. The number of esters is 1. The maximum absolute atomic E-state index is 12.1. The Morgan fingerprint density at radius 3 is 1.85 bits per heavy atom. The lowest BCUT2D eigenvalue weighted by atomic mass is 9.81. The average Bonchev–Trinajstić information content (AvgIpc) is 2.52. The van der Waals surface area contributed by atoms with E-state index in [0.717, 1.165) is 25.7 Å². The number of rotatable bonds is 3. The van der Waals surface area contributed by atoms with Crippen LogP contribution in [0.1, 0.15) is 89.1 Å². The summed E-state index contributed by atoms with van der Waals surface area (Å²) in [6, 6.07) is 7.89. The van der Waals surface area contributed by atoms with Gasteiger partial charge in [-0.15, -0.1) is 0 Å². The van der Waals surface area contributed by atoms with Crippen molar-refractivity contribution in [2.24, 2.45) is 0 Å². The van der Waals surface area contributed by atoms with Gasteiger partial charge in [0.25, 0.3) is 0 Å². The Bertz CT molecular complexity index is 644. The first-order valence-corrected chi connectivity index (χ1v) is 9.76. The molecular weight excluding hydrogens is 342 g/mol. The zero-order chi connectivity index (χ0) is 20.2. The molecule has 1 aliphatic carbocycles. The number of amides is 1. The van der Waals surface area contributed by atoms with Crippen molar-refractivity contribution in [1.82, 2.24) is 5.32 Å². The second-order valence-electron chi connectivity index (χ2n) is 9.32. The molecule has 1 fully saturated rings. The number of nitrogens with one attached hydrogen (secondary N) is 1. The summed E-state index contributed by atoms with van der Waals surface area (Å²) in [6.07, 6.45) is 3.53. The molecule has 0 atom stereocenters. The van der Waals surface area contributed by atoms with Crippen molar-refractivity contribution in [1.29, 1.82) is 0 Å². The molecule has 27 heavy (non-hydrogen) atoms. The molecule has 0 radical (unpaired) electrons. The minimum absolute atomic E-state index is 0.164. The van der Waals surface area contributed by atoms with Crippen LogP contribution in [0.4, 0.5) is 4.79 Å². The van der Waals surface area contributed by atoms with Gasteiger partial charge in [-0.25, -0.2) is 9.59 Å². The molecular formula is C22H33NO4. The van der Waals surface area contributed by atoms with Crippen LogP contribution in [0.2, 0.25) is 0 Å². The fourth-order valence-electron chi connectivity index (χ4n) is 3.27. The lowest BCUT2D eigenvalue weighted by molar-refractivity contribution is 0.00692. The molecule has 2 rings (SSSR count). The van der Waals surface area contributed by atoms with Crippen LogP contribution in [-0.2, 0) is 9.47 Å². The number of alkyl carbamates (subject to hydrolysis) is 1. The molecule has 1 aromatic carbocycles. The van der Waals surface area contributed by atoms with E-state index in [9.17, 15) is 9.59 Å². The van der Waals surface area contributed by atoms with E-state index in [1.54, 1.807) is 0 Å². The van der Waals surface area contributed by atoms with E-state index in [4.69, 9.17) is 9.47 Å². The first kappa shape index (κ1) is 21.3. The zero-order valence-electron chi connectivity index (χ0n) is 17.4. The Kier molecular flexibility index (Phi) is 6.55. The van der Waals surface area contributed by atoms with Crippen LogP contribution in [0.15, 0.2) is 24.3 Å². The predicted molar refractivity (Wildman–Crippen MR) is 106 cm³/mol. The van der Waals surface area contributed by atoms with E-state index in [-0.39, 0.29) is 18.1 Å². The summed E-state index contributed by atoms with van der Waals surface area (Å²) in [7, 11) is 0. The number of hydrogen-bond donors (Lipinski definition) is 1. The number of hydrogen-bond acceptors (Lipinski definition) is 4. The second kappa shape index (κ2) is 8.32. The third kappa shape index (κ3) is 7.24. The van der Waals surface area contributed by atoms with Gasteiger partial charge < -0.3 is 14.8 Å². The van der Waals surface area contributed by atoms with Gasteiger partial charge in [-0.2, -0.15) is 0 Å². The summed E-state index contributed by atoms with van der Waals surface area (Å²) in [4.78, 5) is 24.0. The molecule has 5 nitrogen and oxygen atoms in total. The quantitative estimate of drug-likeness (QED) is 0.738. The standard InChI is InChI=1S/C22H33NO4/c1-21(2,3)26-19(24)17-9-7-15(8-10-17)16-11-13-18(14-12-16)23-20(25)27-22(4,5)6/h7-10,16,18H,11-14H2,1-6H3,(H,23,25). The first-order valence-electron chi connectivity index (χ1n) is 9.76. The van der Waals surface area contributed by atoms with Crippen molar-refractivity contribution in [2.75, 3.05) is 0 Å². The highest BCUT2D eigenvalue weighted by molar-refractivity contribution is 5.89. The van der Waals surface area contributed by atoms with Crippen molar-refractivity contribution in [3.8, 4) is 0 Å². The van der Waals surface area contributed by atoms with Gasteiger partial charge in [-0.1, -0.05) is 12.1 Å². The molecule has 1 N–H and O–H groups in total. The Hall–Kier alpha value is -2.04. The minimum atomic E-state index is -0.491. The van der Waals surface area contributed by atoms with E-state index < -0.39 is 11.2 Å². The van der Waals surface area contributed by atoms with Crippen molar-refractivity contribution < 1.29 is 19.1 Å². The lowest BCUT2D eigenvalue weighted by Gasteiger charge is -2.30. The van der Waals surface area contributed by atoms with Crippen LogP contribution in [-0.4, -0.2) is 29.3 Å². The highest BCUT2D eigenvalue weighted by atomic mass is 16.6. The van der Waals surface area contributed by atoms with Gasteiger partial charge in [0.1, 0.15) is 11.2 Å². The van der Waals surface area contributed by atoms with Crippen LogP contribution >= 0.6 is 0 Å². The SMILES string of the molecule is CC(C)(C)OC(=O)NC1CCC(c2ccc(C(=O)OC(C)(C)C)cc2)CC1. The molecule has 0 bridgehead atoms. The van der Waals surface area contributed by atoms with E-state index in [1.807, 2.05) is 65.8 Å². The third-order valence-electron chi connectivity index (χ3n) is 4.46. The maximum Gasteiger partial charge on any atom is 0.407 e. The molecule has 0 aliphatic heterocycles. The summed E-state index contributed by atoms with van der Waals surface area (Å²) in [5.41, 5.74) is 0.846. The highest BCUT2D eigenvalue weighted by Gasteiger charge is 2.26. The molecule has 1 saturated carbocycles. The van der Waals surface area contributed by atoms with Crippen LogP contribution in [0, 0.1) is 0 Å². The molecule has 0 unspecified atom stereocenters. The van der Waals surface area contributed by atoms with Crippen LogP contribution in [0.5, 0.6) is 0 Å². The Morgan fingerprint density at radius 1 is 0.852 bits per heavy atom. The molecule has 0 saturated heterocycles. The van der Waals surface area contributed by atoms with E-state index in [1.165, 1.54) is 5.56 Å². The number of carbonyl (C=O) groups excluding carboxylic acids is 2. The van der Waals surface area contributed by atoms with Gasteiger partial charge in [0, 0.05) is 6.04 Å². The smallest absolute Gasteiger partial charge is 0.407 e. The molecule has 1 aliphatic rings. The molecule has 1 aromatic rings. The van der Waals surface area contributed by atoms with Crippen molar-refractivity contribution in [2.45, 2.75) is 90.4 Å². The van der Waals surface area contributed by atoms with Gasteiger partial charge in [0.2, 0.25) is 0 Å². The molecule has 1 amide bonds. The Labute approximate surface area is 162 Å². The second-order valence-corrected chi connectivity index (χ2v) is 9.32. The molecule has 0 spiro atoms. The van der Waals surface area contributed by atoms with Gasteiger partial charge in [0.05, 0.1) is 5.56 Å².